The molecule has 2 aromatic rings. The lowest BCUT2D eigenvalue weighted by atomic mass is 10.0. The normalized spacial score (nSPS) is 13.4. The van der Waals surface area contributed by atoms with Crippen molar-refractivity contribution in [3.8, 4) is 0 Å². The van der Waals surface area contributed by atoms with Gasteiger partial charge in [0, 0.05) is 12.0 Å². The van der Waals surface area contributed by atoms with Crippen molar-refractivity contribution in [3.05, 3.63) is 65.7 Å². The average Bonchev–Trinajstić information content (AvgIpc) is 2.68. The lowest BCUT2D eigenvalue weighted by Crippen LogP contribution is -2.12. The Kier molecular flexibility index (Phi) is 2.33. The van der Waals surface area contributed by atoms with Crippen LogP contribution >= 0.6 is 0 Å². The van der Waals surface area contributed by atoms with Crippen LogP contribution in [0.2, 0.25) is 0 Å². The summed E-state index contributed by atoms with van der Waals surface area (Å²) in [4.78, 5) is 16.5. The van der Waals surface area contributed by atoms with Gasteiger partial charge in [-0.1, -0.05) is 42.5 Å². The lowest BCUT2D eigenvalue weighted by molar-refractivity contribution is 0.106. The number of aliphatic imine (C=N–C) groups is 1. The molecule has 0 bridgehead atoms. The lowest BCUT2D eigenvalue weighted by Gasteiger charge is -1.99. The molecule has 1 heterocycles. The molecule has 0 saturated carbocycles. The molecule has 0 spiro atoms. The number of rotatable bonds is 2. The molecule has 1 aliphatic heterocycles. The SMILES string of the molecule is O=C1C(Cc2ccccc2)=Nc2ccccc21. The van der Waals surface area contributed by atoms with Gasteiger partial charge in [-0.2, -0.15) is 0 Å². The first-order valence-corrected chi connectivity index (χ1v) is 5.60. The fourth-order valence-electron chi connectivity index (χ4n) is 2.02. The zero-order chi connectivity index (χ0) is 11.7. The molecule has 17 heavy (non-hydrogen) atoms. The van der Waals surface area contributed by atoms with Gasteiger partial charge in [0.15, 0.2) is 0 Å². The predicted octanol–water partition coefficient (Wildman–Crippen LogP) is 3.20. The van der Waals surface area contributed by atoms with Gasteiger partial charge < -0.3 is 0 Å². The van der Waals surface area contributed by atoms with Gasteiger partial charge in [-0.15, -0.1) is 0 Å². The van der Waals surface area contributed by atoms with Crippen molar-refractivity contribution in [2.24, 2.45) is 4.99 Å². The molecule has 0 amide bonds. The number of carbonyl (C=O) groups is 1. The maximum Gasteiger partial charge on any atom is 0.209 e. The van der Waals surface area contributed by atoms with Gasteiger partial charge in [-0.25, -0.2) is 4.99 Å². The molecule has 2 nitrogen and oxygen atoms in total. The largest absolute Gasteiger partial charge is 0.287 e. The van der Waals surface area contributed by atoms with Crippen molar-refractivity contribution in [1.29, 1.82) is 0 Å². The first-order valence-electron chi connectivity index (χ1n) is 5.60. The molecule has 2 aromatic carbocycles. The molecule has 3 rings (SSSR count). The van der Waals surface area contributed by atoms with E-state index in [9.17, 15) is 4.79 Å². The summed E-state index contributed by atoms with van der Waals surface area (Å²) in [5.41, 5.74) is 3.27. The number of benzene rings is 2. The molecule has 0 saturated heterocycles. The number of hydrogen-bond acceptors (Lipinski definition) is 2. The quantitative estimate of drug-likeness (QED) is 0.765. The first kappa shape index (κ1) is 9.97. The standard InChI is InChI=1S/C15H11NO/c17-15-12-8-4-5-9-13(12)16-14(15)10-11-6-2-1-3-7-11/h1-9H,10H2. The number of fused-ring (bicyclic) bond motifs is 1. The third kappa shape index (κ3) is 1.78. The van der Waals surface area contributed by atoms with Gasteiger partial charge in [-0.05, 0) is 17.7 Å². The Morgan fingerprint density at radius 3 is 2.35 bits per heavy atom. The molecule has 0 aliphatic carbocycles. The molecule has 2 heteroatoms. The predicted molar refractivity (Wildman–Crippen MR) is 68.0 cm³/mol. The van der Waals surface area contributed by atoms with Crippen molar-refractivity contribution in [2.45, 2.75) is 6.42 Å². The highest BCUT2D eigenvalue weighted by Crippen LogP contribution is 2.27. The zero-order valence-corrected chi connectivity index (χ0v) is 9.26. The fourth-order valence-corrected chi connectivity index (χ4v) is 2.02. The van der Waals surface area contributed by atoms with Gasteiger partial charge in [0.25, 0.3) is 0 Å². The minimum absolute atomic E-state index is 0.0597. The van der Waals surface area contributed by atoms with E-state index in [0.717, 1.165) is 16.8 Å². The maximum atomic E-state index is 12.1. The molecule has 0 unspecified atom stereocenters. The number of carbonyl (C=O) groups excluding carboxylic acids is 1. The van der Waals surface area contributed by atoms with E-state index >= 15 is 0 Å². The van der Waals surface area contributed by atoms with Crippen molar-refractivity contribution in [2.75, 3.05) is 0 Å². The number of para-hydroxylation sites is 1. The van der Waals surface area contributed by atoms with Crippen LogP contribution in [-0.2, 0) is 6.42 Å². The Balaban J connectivity index is 1.91. The van der Waals surface area contributed by atoms with Crippen molar-refractivity contribution in [1.82, 2.24) is 0 Å². The van der Waals surface area contributed by atoms with Crippen LogP contribution in [0.25, 0.3) is 0 Å². The van der Waals surface area contributed by atoms with E-state index < -0.39 is 0 Å². The molecular formula is C15H11NO. The molecule has 82 valence electrons. The number of ketones is 1. The van der Waals surface area contributed by atoms with E-state index in [1.54, 1.807) is 0 Å². The summed E-state index contributed by atoms with van der Waals surface area (Å²) in [6.07, 6.45) is 0.606. The Morgan fingerprint density at radius 2 is 1.59 bits per heavy atom. The number of nitrogens with zero attached hydrogens (tertiary/aromatic N) is 1. The summed E-state index contributed by atoms with van der Waals surface area (Å²) < 4.78 is 0. The molecule has 1 aliphatic rings. The van der Waals surface area contributed by atoms with Gasteiger partial charge in [0.05, 0.1) is 11.4 Å². The molecule has 0 N–H and O–H groups in total. The van der Waals surface area contributed by atoms with Crippen LogP contribution in [0, 0.1) is 0 Å². The summed E-state index contributed by atoms with van der Waals surface area (Å²) in [7, 11) is 0. The fraction of sp³-hybridized carbons (Fsp3) is 0.0667. The third-order valence-corrected chi connectivity index (χ3v) is 2.88. The summed E-state index contributed by atoms with van der Waals surface area (Å²) in [6, 6.07) is 17.4. The van der Waals surface area contributed by atoms with Crippen LogP contribution in [0.3, 0.4) is 0 Å². The minimum Gasteiger partial charge on any atom is -0.287 e. The van der Waals surface area contributed by atoms with Crippen LogP contribution in [-0.4, -0.2) is 11.5 Å². The van der Waals surface area contributed by atoms with Gasteiger partial charge in [-0.3, -0.25) is 4.79 Å². The highest BCUT2D eigenvalue weighted by Gasteiger charge is 2.23. The van der Waals surface area contributed by atoms with E-state index in [4.69, 9.17) is 0 Å². The van der Waals surface area contributed by atoms with Crippen molar-refractivity contribution in [3.63, 3.8) is 0 Å². The first-order chi connectivity index (χ1) is 8.34. The summed E-state index contributed by atoms with van der Waals surface area (Å²) in [5, 5.41) is 0. The minimum atomic E-state index is 0.0597. The summed E-state index contributed by atoms with van der Waals surface area (Å²) in [5.74, 6) is 0.0597. The van der Waals surface area contributed by atoms with Crippen LogP contribution in [0.5, 0.6) is 0 Å². The smallest absolute Gasteiger partial charge is 0.209 e. The third-order valence-electron chi connectivity index (χ3n) is 2.88. The number of hydrogen-bond donors (Lipinski definition) is 0. The topological polar surface area (TPSA) is 29.4 Å². The van der Waals surface area contributed by atoms with Crippen LogP contribution in [0.15, 0.2) is 59.6 Å². The molecule has 0 radical (unpaired) electrons. The van der Waals surface area contributed by atoms with Crippen LogP contribution in [0.4, 0.5) is 5.69 Å². The highest BCUT2D eigenvalue weighted by molar-refractivity contribution is 6.50. The zero-order valence-electron chi connectivity index (χ0n) is 9.26. The Hall–Kier alpha value is -2.22. The Labute approximate surface area is 99.6 Å². The second kappa shape index (κ2) is 3.98. The number of Topliss-reactive ketones (excluding diaryl/α,β-unsaturated/α-hetero) is 1. The monoisotopic (exact) mass is 221 g/mol. The van der Waals surface area contributed by atoms with E-state index in [-0.39, 0.29) is 5.78 Å². The summed E-state index contributed by atoms with van der Waals surface area (Å²) >= 11 is 0. The van der Waals surface area contributed by atoms with E-state index in [2.05, 4.69) is 4.99 Å². The Morgan fingerprint density at radius 1 is 0.882 bits per heavy atom. The van der Waals surface area contributed by atoms with Gasteiger partial charge in [0.1, 0.15) is 0 Å². The van der Waals surface area contributed by atoms with E-state index in [1.165, 1.54) is 0 Å². The molecular weight excluding hydrogens is 210 g/mol. The van der Waals surface area contributed by atoms with Crippen LogP contribution < -0.4 is 0 Å². The molecule has 0 atom stereocenters. The average molecular weight is 221 g/mol. The second-order valence-corrected chi connectivity index (χ2v) is 4.07. The van der Waals surface area contributed by atoms with E-state index in [0.29, 0.717) is 12.1 Å². The van der Waals surface area contributed by atoms with Gasteiger partial charge in [0.2, 0.25) is 5.78 Å². The molecule has 0 aromatic heterocycles. The van der Waals surface area contributed by atoms with Gasteiger partial charge >= 0.3 is 0 Å². The van der Waals surface area contributed by atoms with Crippen LogP contribution in [0.1, 0.15) is 15.9 Å². The van der Waals surface area contributed by atoms with Crippen molar-refractivity contribution < 1.29 is 4.79 Å². The van der Waals surface area contributed by atoms with E-state index in [1.807, 2.05) is 54.6 Å². The Bertz CT molecular complexity index is 599. The summed E-state index contributed by atoms with van der Waals surface area (Å²) in [6.45, 7) is 0. The molecule has 0 fully saturated rings. The highest BCUT2D eigenvalue weighted by atomic mass is 16.1. The van der Waals surface area contributed by atoms with Crippen molar-refractivity contribution >= 4 is 17.2 Å². The second-order valence-electron chi connectivity index (χ2n) is 4.07. The maximum absolute atomic E-state index is 12.1.